The molecule has 6 heterocycles. The first-order chi connectivity index (χ1) is 17.9. The van der Waals surface area contributed by atoms with Gasteiger partial charge in [-0.2, -0.15) is 4.99 Å². The zero-order valence-corrected chi connectivity index (χ0v) is 21.1. The number of hydrogen-bond acceptors (Lipinski definition) is 7. The second-order valence-electron chi connectivity index (χ2n) is 10.1. The molecule has 4 aliphatic rings. The van der Waals surface area contributed by atoms with Crippen LogP contribution in [0.15, 0.2) is 52.9 Å². The monoisotopic (exact) mass is 502 g/mol. The SMILES string of the molecule is COc1cc([C@@H](C)C(=O)N2CC[C@@]3(CCc4cc(C5=NC6C=CC=C[N+]6=N5)c(C)nc4N3)C2)c(F)cn1. The second kappa shape index (κ2) is 8.86. The zero-order valence-electron chi connectivity index (χ0n) is 21.1. The Morgan fingerprint density at radius 1 is 1.32 bits per heavy atom. The highest BCUT2D eigenvalue weighted by Crippen LogP contribution is 2.38. The maximum Gasteiger partial charge on any atom is 0.298 e. The molecule has 1 unspecified atom stereocenters. The number of pyridine rings is 2. The summed E-state index contributed by atoms with van der Waals surface area (Å²) in [6.45, 7) is 4.87. The average Bonchev–Trinajstić information content (AvgIpc) is 3.52. The van der Waals surface area contributed by atoms with E-state index in [2.05, 4.69) is 21.5 Å². The smallest absolute Gasteiger partial charge is 0.298 e. The van der Waals surface area contributed by atoms with Crippen molar-refractivity contribution in [3.05, 3.63) is 71.0 Å². The molecule has 1 N–H and O–H groups in total. The van der Waals surface area contributed by atoms with Crippen LogP contribution in [0.4, 0.5) is 10.2 Å². The Morgan fingerprint density at radius 3 is 3.00 bits per heavy atom. The van der Waals surface area contributed by atoms with E-state index >= 15 is 0 Å². The second-order valence-corrected chi connectivity index (χ2v) is 10.1. The van der Waals surface area contributed by atoms with Crippen molar-refractivity contribution in [1.82, 2.24) is 14.9 Å². The molecule has 1 spiro atoms. The van der Waals surface area contributed by atoms with Gasteiger partial charge in [0, 0.05) is 47.5 Å². The number of aromatic nitrogens is 2. The molecule has 10 heteroatoms. The van der Waals surface area contributed by atoms with Gasteiger partial charge in [-0.05, 0) is 44.7 Å². The van der Waals surface area contributed by atoms with Crippen LogP contribution in [0.1, 0.15) is 48.1 Å². The van der Waals surface area contributed by atoms with E-state index in [1.807, 2.05) is 40.9 Å². The number of halogens is 1. The minimum Gasteiger partial charge on any atom is -0.481 e. The van der Waals surface area contributed by atoms with E-state index < -0.39 is 11.7 Å². The number of rotatable bonds is 4. The number of amidine groups is 1. The highest BCUT2D eigenvalue weighted by Gasteiger charge is 2.44. The molecule has 1 amide bonds. The number of nitrogens with one attached hydrogen (secondary N) is 1. The maximum atomic E-state index is 14.5. The summed E-state index contributed by atoms with van der Waals surface area (Å²) in [4.78, 5) is 28.7. The number of fused-ring (bicyclic) bond motifs is 2. The van der Waals surface area contributed by atoms with E-state index in [4.69, 9.17) is 14.7 Å². The number of aliphatic imine (C=N–C) groups is 1. The molecule has 0 radical (unpaired) electrons. The summed E-state index contributed by atoms with van der Waals surface area (Å²) in [6.07, 6.45) is 11.4. The summed E-state index contributed by atoms with van der Waals surface area (Å²) in [7, 11) is 1.47. The van der Waals surface area contributed by atoms with Gasteiger partial charge in [-0.3, -0.25) is 4.79 Å². The third kappa shape index (κ3) is 4.10. The molecule has 0 aliphatic carbocycles. The normalized spacial score (nSPS) is 24.3. The van der Waals surface area contributed by atoms with Crippen LogP contribution in [0.5, 0.6) is 5.88 Å². The van der Waals surface area contributed by atoms with E-state index in [9.17, 15) is 9.18 Å². The van der Waals surface area contributed by atoms with Gasteiger partial charge in [0.2, 0.25) is 17.6 Å². The molecule has 2 aromatic rings. The van der Waals surface area contributed by atoms with Crippen LogP contribution in [0.3, 0.4) is 0 Å². The quantitative estimate of drug-likeness (QED) is 0.644. The number of nitrogens with zero attached hydrogens (tertiary/aromatic N) is 6. The summed E-state index contributed by atoms with van der Waals surface area (Å²) in [6, 6.07) is 3.65. The van der Waals surface area contributed by atoms with Crippen molar-refractivity contribution in [2.75, 3.05) is 25.5 Å². The van der Waals surface area contributed by atoms with Crippen molar-refractivity contribution in [1.29, 1.82) is 0 Å². The number of amides is 1. The van der Waals surface area contributed by atoms with Crippen molar-refractivity contribution in [2.45, 2.75) is 50.7 Å². The number of likely N-dealkylation sites (tertiary alicyclic amines) is 1. The van der Waals surface area contributed by atoms with Gasteiger partial charge in [0.15, 0.2) is 6.20 Å². The molecular weight excluding hydrogens is 473 g/mol. The molecule has 2 aromatic heterocycles. The number of carbonyl (C=O) groups is 1. The van der Waals surface area contributed by atoms with Crippen molar-refractivity contribution in [2.24, 2.45) is 10.1 Å². The highest BCUT2D eigenvalue weighted by atomic mass is 19.1. The van der Waals surface area contributed by atoms with Gasteiger partial charge < -0.3 is 15.0 Å². The Morgan fingerprint density at radius 2 is 2.19 bits per heavy atom. The van der Waals surface area contributed by atoms with Crippen molar-refractivity contribution in [3.8, 4) is 5.88 Å². The molecule has 0 aromatic carbocycles. The van der Waals surface area contributed by atoms with Crippen molar-refractivity contribution < 1.29 is 18.6 Å². The predicted octanol–water partition coefficient (Wildman–Crippen LogP) is 3.70. The van der Waals surface area contributed by atoms with Crippen LogP contribution in [0.25, 0.3) is 0 Å². The summed E-state index contributed by atoms with van der Waals surface area (Å²) in [5.74, 6) is 0.609. The number of aryl methyl sites for hydroxylation is 2. The first kappa shape index (κ1) is 23.4. The van der Waals surface area contributed by atoms with E-state index in [0.717, 1.165) is 48.1 Å². The summed E-state index contributed by atoms with van der Waals surface area (Å²) >= 11 is 0. The Labute approximate surface area is 214 Å². The van der Waals surface area contributed by atoms with E-state index in [0.29, 0.717) is 30.4 Å². The fraction of sp³-hybridized carbons (Fsp3) is 0.407. The van der Waals surface area contributed by atoms with Crippen molar-refractivity contribution >= 4 is 17.6 Å². The van der Waals surface area contributed by atoms with Gasteiger partial charge in [0.1, 0.15) is 11.6 Å². The molecule has 0 bridgehead atoms. The predicted molar refractivity (Wildman–Crippen MR) is 135 cm³/mol. The van der Waals surface area contributed by atoms with Crippen LogP contribution in [0.2, 0.25) is 0 Å². The van der Waals surface area contributed by atoms with Crippen LogP contribution in [-0.2, 0) is 11.2 Å². The number of methoxy groups -OCH3 is 1. The number of allylic oxidation sites excluding steroid dienone is 2. The summed E-state index contributed by atoms with van der Waals surface area (Å²) in [5.41, 5.74) is 2.99. The topological polar surface area (TPSA) is 95.1 Å². The van der Waals surface area contributed by atoms with Gasteiger partial charge in [-0.25, -0.2) is 14.4 Å². The first-order valence-corrected chi connectivity index (χ1v) is 12.6. The molecule has 190 valence electrons. The van der Waals surface area contributed by atoms with Gasteiger partial charge in [0.25, 0.3) is 6.17 Å². The number of ether oxygens (including phenoxy) is 1. The standard InChI is InChI=1S/C27H29FN7O2/c1-16(19-13-23(37-3)29-14-21(19)28)26(36)34-11-9-27(15-34)8-7-18-12-20(17(2)30-24(18)32-27)25-31-22-6-4-5-10-35(22)33-25/h4-6,10,12-14,16,22H,7-9,11,15H2,1-3H3,(H,30,32)/q+1/t16-,22?,27+/m1/s1. The van der Waals surface area contributed by atoms with Crippen LogP contribution in [-0.4, -0.2) is 63.2 Å². The van der Waals surface area contributed by atoms with Crippen LogP contribution < -0.4 is 10.1 Å². The molecule has 3 atom stereocenters. The third-order valence-corrected chi connectivity index (χ3v) is 7.73. The average molecular weight is 503 g/mol. The number of anilines is 1. The Kier molecular flexibility index (Phi) is 5.62. The van der Waals surface area contributed by atoms with Crippen molar-refractivity contribution in [3.63, 3.8) is 0 Å². The lowest BCUT2D eigenvalue weighted by Crippen LogP contribution is -2.46. The largest absolute Gasteiger partial charge is 0.481 e. The molecule has 1 saturated heterocycles. The lowest BCUT2D eigenvalue weighted by atomic mass is 9.86. The first-order valence-electron chi connectivity index (χ1n) is 12.6. The van der Waals surface area contributed by atoms with Gasteiger partial charge in [0.05, 0.1) is 30.5 Å². The summed E-state index contributed by atoms with van der Waals surface area (Å²) in [5, 5.41) is 8.31. The van der Waals surface area contributed by atoms with Gasteiger partial charge in [-0.1, -0.05) is 10.8 Å². The number of hydrogen-bond donors (Lipinski definition) is 1. The minimum absolute atomic E-state index is 0.0945. The third-order valence-electron chi connectivity index (χ3n) is 7.73. The van der Waals surface area contributed by atoms with Gasteiger partial charge in [-0.15, -0.1) is 0 Å². The lowest BCUT2D eigenvalue weighted by molar-refractivity contribution is -0.541. The molecule has 0 saturated carbocycles. The van der Waals surface area contributed by atoms with Gasteiger partial charge >= 0.3 is 0 Å². The van der Waals surface area contributed by atoms with E-state index in [1.165, 1.54) is 13.2 Å². The zero-order chi connectivity index (χ0) is 25.7. The Hall–Kier alpha value is -3.95. The Balaban J connectivity index is 1.19. The molecule has 9 nitrogen and oxygen atoms in total. The van der Waals surface area contributed by atoms with E-state index in [-0.39, 0.29) is 17.6 Å². The minimum atomic E-state index is -0.633. The molecule has 1 fully saturated rings. The number of carbonyl (C=O) groups excluding carboxylic acids is 1. The molecule has 6 rings (SSSR count). The number of azo groups is 2. The lowest BCUT2D eigenvalue weighted by Gasteiger charge is -2.36. The fourth-order valence-electron chi connectivity index (χ4n) is 5.57. The highest BCUT2D eigenvalue weighted by molar-refractivity contribution is 6.00. The van der Waals surface area contributed by atoms with Crippen LogP contribution >= 0.6 is 0 Å². The Bertz CT molecular complexity index is 1420. The fourth-order valence-corrected chi connectivity index (χ4v) is 5.57. The molecule has 37 heavy (non-hydrogen) atoms. The molecule has 4 aliphatic heterocycles. The van der Waals surface area contributed by atoms with Crippen LogP contribution in [0, 0.1) is 12.7 Å². The molecular formula is C27H29FN7O2+. The van der Waals surface area contributed by atoms with E-state index in [1.54, 1.807) is 6.92 Å². The maximum absolute atomic E-state index is 14.5. The summed E-state index contributed by atoms with van der Waals surface area (Å²) < 4.78 is 21.4.